The molecular formula is C17H24N4O2S. The zero-order valence-corrected chi connectivity index (χ0v) is 14.9. The van der Waals surface area contributed by atoms with Gasteiger partial charge in [-0.25, -0.2) is 18.1 Å². The zero-order valence-electron chi connectivity index (χ0n) is 14.1. The SMILES string of the molecule is CC(C)n1cnc(S(=O)(=O)NC(c2ccccn2)C2CCCC2)c1. The molecule has 6 nitrogen and oxygen atoms in total. The molecule has 2 aromatic heterocycles. The van der Waals surface area contributed by atoms with Gasteiger partial charge in [-0.15, -0.1) is 0 Å². The molecule has 0 aliphatic heterocycles. The molecule has 24 heavy (non-hydrogen) atoms. The summed E-state index contributed by atoms with van der Waals surface area (Å²) in [5.74, 6) is 0.279. The van der Waals surface area contributed by atoms with Gasteiger partial charge in [0.2, 0.25) is 0 Å². The first-order valence-corrected chi connectivity index (χ1v) is 9.92. The lowest BCUT2D eigenvalue weighted by atomic mass is 9.96. The van der Waals surface area contributed by atoms with Crippen LogP contribution in [0.15, 0.2) is 41.9 Å². The van der Waals surface area contributed by atoms with Gasteiger partial charge in [-0.3, -0.25) is 4.98 Å². The quantitative estimate of drug-likeness (QED) is 0.870. The van der Waals surface area contributed by atoms with E-state index in [4.69, 9.17) is 0 Å². The molecule has 3 rings (SSSR count). The molecule has 0 aromatic carbocycles. The van der Waals surface area contributed by atoms with Crippen LogP contribution in [-0.4, -0.2) is 23.0 Å². The average Bonchev–Trinajstić information content (AvgIpc) is 3.25. The molecule has 0 saturated heterocycles. The second kappa shape index (κ2) is 7.03. The van der Waals surface area contributed by atoms with Crippen molar-refractivity contribution in [3.05, 3.63) is 42.6 Å². The van der Waals surface area contributed by atoms with E-state index < -0.39 is 10.0 Å². The molecular weight excluding hydrogens is 324 g/mol. The van der Waals surface area contributed by atoms with Gasteiger partial charge in [0, 0.05) is 18.4 Å². The summed E-state index contributed by atoms with van der Waals surface area (Å²) in [4.78, 5) is 8.46. The number of hydrogen-bond donors (Lipinski definition) is 1. The molecule has 130 valence electrons. The maximum atomic E-state index is 12.8. The first kappa shape index (κ1) is 17.1. The second-order valence-electron chi connectivity index (χ2n) is 6.65. The summed E-state index contributed by atoms with van der Waals surface area (Å²) in [5.41, 5.74) is 0.774. The van der Waals surface area contributed by atoms with Crippen molar-refractivity contribution < 1.29 is 8.42 Å². The Balaban J connectivity index is 1.88. The van der Waals surface area contributed by atoms with Gasteiger partial charge < -0.3 is 4.57 Å². The van der Waals surface area contributed by atoms with Crippen molar-refractivity contribution in [3.8, 4) is 0 Å². The number of hydrogen-bond acceptors (Lipinski definition) is 4. The minimum atomic E-state index is -3.68. The Hall–Kier alpha value is -1.73. The summed E-state index contributed by atoms with van der Waals surface area (Å²) < 4.78 is 30.2. The highest BCUT2D eigenvalue weighted by Gasteiger charge is 2.32. The fraction of sp³-hybridized carbons (Fsp3) is 0.529. The largest absolute Gasteiger partial charge is 0.334 e. The van der Waals surface area contributed by atoms with Crippen molar-refractivity contribution in [3.63, 3.8) is 0 Å². The number of rotatable bonds is 6. The molecule has 0 radical (unpaired) electrons. The Kier molecular flexibility index (Phi) is 5.01. The van der Waals surface area contributed by atoms with Crippen LogP contribution in [0.3, 0.4) is 0 Å². The Morgan fingerprint density at radius 2 is 1.96 bits per heavy atom. The standard InChI is InChI=1S/C17H24N4O2S/c1-13(2)21-11-16(19-12-21)24(22,23)20-17(14-7-3-4-8-14)15-9-5-6-10-18-15/h5-6,9-14,17,20H,3-4,7-8H2,1-2H3. The lowest BCUT2D eigenvalue weighted by Gasteiger charge is -2.23. The third-order valence-corrected chi connectivity index (χ3v) is 5.93. The van der Waals surface area contributed by atoms with E-state index in [0.29, 0.717) is 0 Å². The Morgan fingerprint density at radius 3 is 2.54 bits per heavy atom. The molecule has 0 spiro atoms. The molecule has 0 amide bonds. The van der Waals surface area contributed by atoms with Crippen LogP contribution in [0.4, 0.5) is 0 Å². The normalized spacial score (nSPS) is 17.5. The van der Waals surface area contributed by atoms with E-state index in [1.54, 1.807) is 23.3 Å². The fourth-order valence-electron chi connectivity index (χ4n) is 3.22. The highest BCUT2D eigenvalue weighted by atomic mass is 32.2. The van der Waals surface area contributed by atoms with Crippen LogP contribution in [0.5, 0.6) is 0 Å². The van der Waals surface area contributed by atoms with Crippen molar-refractivity contribution >= 4 is 10.0 Å². The van der Waals surface area contributed by atoms with Crippen molar-refractivity contribution in [2.45, 2.75) is 56.6 Å². The maximum Gasteiger partial charge on any atom is 0.260 e. The summed E-state index contributed by atoms with van der Waals surface area (Å²) in [6.45, 7) is 3.97. The van der Waals surface area contributed by atoms with Gasteiger partial charge in [0.05, 0.1) is 18.1 Å². The number of sulfonamides is 1. The van der Waals surface area contributed by atoms with Crippen molar-refractivity contribution in [2.75, 3.05) is 0 Å². The number of aromatic nitrogens is 3. The van der Waals surface area contributed by atoms with Crippen molar-refractivity contribution in [1.82, 2.24) is 19.3 Å². The zero-order chi connectivity index (χ0) is 17.2. The number of nitrogens with one attached hydrogen (secondary N) is 1. The van der Waals surface area contributed by atoms with Crippen LogP contribution in [0.2, 0.25) is 0 Å². The first-order chi connectivity index (χ1) is 11.5. The van der Waals surface area contributed by atoms with Crippen LogP contribution in [0, 0.1) is 5.92 Å². The monoisotopic (exact) mass is 348 g/mol. The molecule has 2 aromatic rings. The minimum absolute atomic E-state index is 0.0649. The highest BCUT2D eigenvalue weighted by Crippen LogP contribution is 2.35. The van der Waals surface area contributed by atoms with Crippen LogP contribution in [0.1, 0.15) is 57.3 Å². The summed E-state index contributed by atoms with van der Waals surface area (Å²) in [7, 11) is -3.68. The molecule has 1 aliphatic rings. The lowest BCUT2D eigenvalue weighted by molar-refractivity contribution is 0.402. The Labute approximate surface area is 143 Å². The lowest BCUT2D eigenvalue weighted by Crippen LogP contribution is -2.33. The van der Waals surface area contributed by atoms with Crippen LogP contribution in [0.25, 0.3) is 0 Å². The smallest absolute Gasteiger partial charge is 0.260 e. The highest BCUT2D eigenvalue weighted by molar-refractivity contribution is 7.89. The van der Waals surface area contributed by atoms with Gasteiger partial charge >= 0.3 is 0 Å². The molecule has 1 fully saturated rings. The molecule has 1 saturated carbocycles. The summed E-state index contributed by atoms with van der Waals surface area (Å²) in [6, 6.07) is 5.49. The molecule has 1 unspecified atom stereocenters. The summed E-state index contributed by atoms with van der Waals surface area (Å²) >= 11 is 0. The van der Waals surface area contributed by atoms with Crippen molar-refractivity contribution in [2.24, 2.45) is 5.92 Å². The van der Waals surface area contributed by atoms with Crippen LogP contribution in [-0.2, 0) is 10.0 Å². The van der Waals surface area contributed by atoms with E-state index in [1.165, 1.54) is 0 Å². The first-order valence-electron chi connectivity index (χ1n) is 8.44. The van der Waals surface area contributed by atoms with E-state index in [0.717, 1.165) is 31.4 Å². The molecule has 2 heterocycles. The van der Waals surface area contributed by atoms with E-state index >= 15 is 0 Å². The molecule has 1 atom stereocenters. The third kappa shape index (κ3) is 3.67. The second-order valence-corrected chi connectivity index (χ2v) is 8.31. The summed E-state index contributed by atoms with van der Waals surface area (Å²) in [6.07, 6.45) is 9.16. The average molecular weight is 348 g/mol. The van der Waals surface area contributed by atoms with Gasteiger partial charge in [-0.05, 0) is 44.7 Å². The van der Waals surface area contributed by atoms with Crippen LogP contribution < -0.4 is 4.72 Å². The van der Waals surface area contributed by atoms with Gasteiger partial charge in [-0.2, -0.15) is 0 Å². The van der Waals surface area contributed by atoms with Gasteiger partial charge in [0.1, 0.15) is 0 Å². The minimum Gasteiger partial charge on any atom is -0.334 e. The van der Waals surface area contributed by atoms with E-state index in [1.807, 2.05) is 32.0 Å². The molecule has 0 bridgehead atoms. The van der Waals surface area contributed by atoms with Crippen LogP contribution >= 0.6 is 0 Å². The Morgan fingerprint density at radius 1 is 1.21 bits per heavy atom. The number of pyridine rings is 1. The third-order valence-electron chi connectivity index (χ3n) is 4.61. The molecule has 7 heteroatoms. The predicted octanol–water partition coefficient (Wildman–Crippen LogP) is 3.07. The molecule has 1 aliphatic carbocycles. The summed E-state index contributed by atoms with van der Waals surface area (Å²) in [5, 5.41) is 0.0649. The van der Waals surface area contributed by atoms with E-state index in [-0.39, 0.29) is 23.0 Å². The maximum absolute atomic E-state index is 12.8. The predicted molar refractivity (Wildman–Crippen MR) is 91.9 cm³/mol. The van der Waals surface area contributed by atoms with E-state index in [2.05, 4.69) is 14.7 Å². The van der Waals surface area contributed by atoms with Gasteiger partial charge in [-0.1, -0.05) is 18.9 Å². The number of imidazole rings is 1. The topological polar surface area (TPSA) is 76.9 Å². The molecule has 1 N–H and O–H groups in total. The van der Waals surface area contributed by atoms with Gasteiger partial charge in [0.25, 0.3) is 10.0 Å². The van der Waals surface area contributed by atoms with Crippen molar-refractivity contribution in [1.29, 1.82) is 0 Å². The fourth-order valence-corrected chi connectivity index (χ4v) is 4.43. The Bertz CT molecular complexity index is 765. The number of nitrogens with zero attached hydrogens (tertiary/aromatic N) is 3. The van der Waals surface area contributed by atoms with E-state index in [9.17, 15) is 8.42 Å². The van der Waals surface area contributed by atoms with Gasteiger partial charge in [0.15, 0.2) is 5.03 Å².